The van der Waals surface area contributed by atoms with Crippen LogP contribution < -0.4 is 4.74 Å². The SMILES string of the molecule is CC(C)Oc1nc(Cl)c(C#N)s1. The lowest BCUT2D eigenvalue weighted by molar-refractivity contribution is 0.241. The Hall–Kier alpha value is -0.790. The van der Waals surface area contributed by atoms with Gasteiger partial charge in [-0.3, -0.25) is 0 Å². The van der Waals surface area contributed by atoms with Crippen molar-refractivity contribution in [3.63, 3.8) is 0 Å². The molecule has 0 saturated carbocycles. The zero-order valence-corrected chi connectivity index (χ0v) is 8.24. The molecule has 0 aromatic carbocycles. The minimum Gasteiger partial charge on any atom is -0.467 e. The third kappa shape index (κ3) is 2.10. The molecule has 0 aliphatic rings. The zero-order valence-electron chi connectivity index (χ0n) is 6.67. The minimum absolute atomic E-state index is 0.0544. The Morgan fingerprint density at radius 1 is 1.67 bits per heavy atom. The maximum atomic E-state index is 8.55. The number of rotatable bonds is 2. The fraction of sp³-hybridized carbons (Fsp3) is 0.429. The molecule has 0 atom stereocenters. The predicted molar refractivity (Wildman–Crippen MR) is 47.6 cm³/mol. The van der Waals surface area contributed by atoms with E-state index in [-0.39, 0.29) is 11.3 Å². The Bertz CT molecular complexity index is 316. The van der Waals surface area contributed by atoms with E-state index in [1.165, 1.54) is 0 Å². The molecule has 12 heavy (non-hydrogen) atoms. The van der Waals surface area contributed by atoms with Gasteiger partial charge in [0.2, 0.25) is 0 Å². The van der Waals surface area contributed by atoms with Crippen molar-refractivity contribution in [2.45, 2.75) is 20.0 Å². The van der Waals surface area contributed by atoms with E-state index in [0.717, 1.165) is 11.3 Å². The monoisotopic (exact) mass is 202 g/mol. The van der Waals surface area contributed by atoms with Crippen molar-refractivity contribution in [2.75, 3.05) is 0 Å². The highest BCUT2D eigenvalue weighted by atomic mass is 35.5. The summed E-state index contributed by atoms with van der Waals surface area (Å²) in [5.74, 6) is 0. The molecule has 0 amide bonds. The third-order valence-electron chi connectivity index (χ3n) is 1.00. The van der Waals surface area contributed by atoms with Crippen molar-refractivity contribution >= 4 is 22.9 Å². The molecule has 1 rings (SSSR count). The molecule has 5 heteroatoms. The van der Waals surface area contributed by atoms with Crippen molar-refractivity contribution in [2.24, 2.45) is 0 Å². The van der Waals surface area contributed by atoms with Gasteiger partial charge in [-0.2, -0.15) is 10.2 Å². The van der Waals surface area contributed by atoms with E-state index in [4.69, 9.17) is 21.6 Å². The Morgan fingerprint density at radius 2 is 2.33 bits per heavy atom. The van der Waals surface area contributed by atoms with Crippen molar-refractivity contribution in [1.82, 2.24) is 4.98 Å². The van der Waals surface area contributed by atoms with Crippen LogP contribution in [0.25, 0.3) is 0 Å². The highest BCUT2D eigenvalue weighted by Crippen LogP contribution is 2.28. The molecule has 0 spiro atoms. The molecule has 1 aromatic heterocycles. The minimum atomic E-state index is 0.0544. The van der Waals surface area contributed by atoms with Crippen LogP contribution in [0.3, 0.4) is 0 Å². The molecular weight excluding hydrogens is 196 g/mol. The highest BCUT2D eigenvalue weighted by Gasteiger charge is 2.10. The summed E-state index contributed by atoms with van der Waals surface area (Å²) in [5, 5.41) is 9.22. The van der Waals surface area contributed by atoms with Crippen molar-refractivity contribution in [3.8, 4) is 11.3 Å². The van der Waals surface area contributed by atoms with Crippen LogP contribution >= 0.6 is 22.9 Å². The summed E-state index contributed by atoms with van der Waals surface area (Å²) in [6, 6.07) is 1.93. The maximum absolute atomic E-state index is 8.55. The van der Waals surface area contributed by atoms with Crippen LogP contribution in [0.15, 0.2) is 0 Å². The summed E-state index contributed by atoms with van der Waals surface area (Å²) < 4.78 is 5.25. The topological polar surface area (TPSA) is 45.9 Å². The number of nitrogens with zero attached hydrogens (tertiary/aromatic N) is 2. The van der Waals surface area contributed by atoms with Gasteiger partial charge in [0.05, 0.1) is 6.10 Å². The molecule has 0 saturated heterocycles. The van der Waals surface area contributed by atoms with Gasteiger partial charge in [0.15, 0.2) is 5.15 Å². The second kappa shape index (κ2) is 3.74. The molecule has 0 N–H and O–H groups in total. The lowest BCUT2D eigenvalue weighted by Crippen LogP contribution is -2.04. The van der Waals surface area contributed by atoms with Crippen molar-refractivity contribution in [3.05, 3.63) is 10.0 Å². The van der Waals surface area contributed by atoms with Crippen molar-refractivity contribution in [1.29, 1.82) is 5.26 Å². The maximum Gasteiger partial charge on any atom is 0.276 e. The number of hydrogen-bond donors (Lipinski definition) is 0. The van der Waals surface area contributed by atoms with Gasteiger partial charge in [0.25, 0.3) is 5.19 Å². The van der Waals surface area contributed by atoms with E-state index < -0.39 is 0 Å². The van der Waals surface area contributed by atoms with Crippen molar-refractivity contribution < 1.29 is 4.74 Å². The summed E-state index contributed by atoms with van der Waals surface area (Å²) in [4.78, 5) is 4.26. The summed E-state index contributed by atoms with van der Waals surface area (Å²) in [6.45, 7) is 3.78. The number of ether oxygens (including phenoxy) is 1. The largest absolute Gasteiger partial charge is 0.467 e. The Kier molecular flexibility index (Phi) is 2.90. The Balaban J connectivity index is 2.84. The van der Waals surface area contributed by atoms with Gasteiger partial charge in [0, 0.05) is 0 Å². The van der Waals surface area contributed by atoms with Crippen LogP contribution in [-0.2, 0) is 0 Å². The van der Waals surface area contributed by atoms with E-state index >= 15 is 0 Å². The first-order valence-corrected chi connectivity index (χ1v) is 4.56. The molecule has 0 bridgehead atoms. The number of aromatic nitrogens is 1. The highest BCUT2D eigenvalue weighted by molar-refractivity contribution is 7.14. The average Bonchev–Trinajstić information content (AvgIpc) is 2.29. The van der Waals surface area contributed by atoms with E-state index in [9.17, 15) is 0 Å². The molecule has 1 heterocycles. The van der Waals surface area contributed by atoms with Crippen LogP contribution in [0.4, 0.5) is 0 Å². The summed E-state index contributed by atoms with van der Waals surface area (Å²) in [6.07, 6.45) is 0.0544. The smallest absolute Gasteiger partial charge is 0.276 e. The molecule has 0 radical (unpaired) electrons. The summed E-state index contributed by atoms with van der Waals surface area (Å²) >= 11 is 6.79. The van der Waals surface area contributed by atoms with Gasteiger partial charge in [-0.15, -0.1) is 0 Å². The van der Waals surface area contributed by atoms with Gasteiger partial charge in [0.1, 0.15) is 10.9 Å². The number of thiazole rings is 1. The average molecular weight is 203 g/mol. The molecule has 3 nitrogen and oxygen atoms in total. The fourth-order valence-corrected chi connectivity index (χ4v) is 1.62. The normalized spacial score (nSPS) is 9.92. The van der Waals surface area contributed by atoms with Gasteiger partial charge in [-0.05, 0) is 13.8 Å². The summed E-state index contributed by atoms with van der Waals surface area (Å²) in [5.41, 5.74) is 0. The van der Waals surface area contributed by atoms with E-state index in [2.05, 4.69) is 4.98 Å². The van der Waals surface area contributed by atoms with Gasteiger partial charge < -0.3 is 4.74 Å². The number of hydrogen-bond acceptors (Lipinski definition) is 4. The molecule has 1 aromatic rings. The van der Waals surface area contributed by atoms with E-state index in [0.29, 0.717) is 10.1 Å². The lowest BCUT2D eigenvalue weighted by atomic mass is 10.5. The van der Waals surface area contributed by atoms with E-state index in [1.807, 2.05) is 19.9 Å². The fourth-order valence-electron chi connectivity index (χ4n) is 0.604. The molecule has 0 fully saturated rings. The van der Waals surface area contributed by atoms with Crippen LogP contribution in [0.1, 0.15) is 18.7 Å². The number of halogens is 1. The summed E-state index contributed by atoms with van der Waals surface area (Å²) in [7, 11) is 0. The van der Waals surface area contributed by atoms with Crippen LogP contribution in [-0.4, -0.2) is 11.1 Å². The first-order valence-electron chi connectivity index (χ1n) is 3.36. The first-order chi connectivity index (χ1) is 5.63. The van der Waals surface area contributed by atoms with Crippen LogP contribution in [0, 0.1) is 11.3 Å². The second-order valence-electron chi connectivity index (χ2n) is 2.38. The van der Waals surface area contributed by atoms with Gasteiger partial charge in [-0.1, -0.05) is 22.9 Å². The lowest BCUT2D eigenvalue weighted by Gasteiger charge is -2.03. The quantitative estimate of drug-likeness (QED) is 0.740. The Morgan fingerprint density at radius 3 is 2.75 bits per heavy atom. The van der Waals surface area contributed by atoms with Crippen LogP contribution in [0.2, 0.25) is 5.15 Å². The standard InChI is InChI=1S/C7H7ClN2OS/c1-4(2)11-7-10-6(8)5(3-9)12-7/h4H,1-2H3. The molecule has 0 aliphatic heterocycles. The third-order valence-corrected chi connectivity index (χ3v) is 2.24. The molecule has 0 unspecified atom stereocenters. The predicted octanol–water partition coefficient (Wildman–Crippen LogP) is 2.46. The molecule has 64 valence electrons. The first kappa shape index (κ1) is 9.30. The second-order valence-corrected chi connectivity index (χ2v) is 3.70. The zero-order chi connectivity index (χ0) is 9.14. The number of nitriles is 1. The van der Waals surface area contributed by atoms with E-state index in [1.54, 1.807) is 0 Å². The Labute approximate surface area is 79.6 Å². The van der Waals surface area contributed by atoms with Gasteiger partial charge >= 0.3 is 0 Å². The molecule has 0 aliphatic carbocycles. The molecular formula is C7H7ClN2OS. The van der Waals surface area contributed by atoms with Crippen LogP contribution in [0.5, 0.6) is 5.19 Å². The van der Waals surface area contributed by atoms with Gasteiger partial charge in [-0.25, -0.2) is 0 Å².